The number of amides is 2. The van der Waals surface area contributed by atoms with Crippen LogP contribution in [-0.2, 0) is 15.0 Å². The number of methoxy groups -OCH3 is 1. The summed E-state index contributed by atoms with van der Waals surface area (Å²) in [5.74, 6) is 0.861. The van der Waals surface area contributed by atoms with E-state index in [2.05, 4.69) is 10.6 Å². The second-order valence-electron chi connectivity index (χ2n) is 7.31. The summed E-state index contributed by atoms with van der Waals surface area (Å²) in [4.78, 5) is 27.7. The van der Waals surface area contributed by atoms with Crippen LogP contribution in [0.1, 0.15) is 31.2 Å². The Bertz CT molecular complexity index is 665. The van der Waals surface area contributed by atoms with Gasteiger partial charge in [-0.25, -0.2) is 0 Å². The van der Waals surface area contributed by atoms with Gasteiger partial charge in [-0.05, 0) is 43.4 Å². The molecule has 25 heavy (non-hydrogen) atoms. The molecule has 1 heterocycles. The predicted molar refractivity (Wildman–Crippen MR) is 93.4 cm³/mol. The Labute approximate surface area is 147 Å². The number of ether oxygens (including phenoxy) is 1. The van der Waals surface area contributed by atoms with E-state index in [1.54, 1.807) is 12.0 Å². The molecular weight excluding hydrogens is 318 g/mol. The fraction of sp³-hybridized carbons (Fsp3) is 0.579. The number of carbonyl (C=O) groups excluding carboxylic acids is 2. The maximum Gasteiger partial charge on any atom is 0.244 e. The van der Waals surface area contributed by atoms with Gasteiger partial charge in [0.2, 0.25) is 11.8 Å². The Morgan fingerprint density at radius 3 is 2.56 bits per heavy atom. The third-order valence-corrected chi connectivity index (χ3v) is 5.53. The van der Waals surface area contributed by atoms with E-state index >= 15 is 0 Å². The number of nitrogens with zero attached hydrogens (tertiary/aromatic N) is 1. The first-order chi connectivity index (χ1) is 12.1. The van der Waals surface area contributed by atoms with Crippen LogP contribution in [0.5, 0.6) is 5.75 Å². The van der Waals surface area contributed by atoms with E-state index in [1.165, 1.54) is 0 Å². The van der Waals surface area contributed by atoms with Gasteiger partial charge < -0.3 is 20.3 Å². The van der Waals surface area contributed by atoms with Crippen LogP contribution >= 0.6 is 0 Å². The van der Waals surface area contributed by atoms with E-state index in [1.807, 2.05) is 24.3 Å². The highest BCUT2D eigenvalue weighted by atomic mass is 16.5. The normalized spacial score (nSPS) is 24.5. The van der Waals surface area contributed by atoms with Gasteiger partial charge in [0.1, 0.15) is 11.8 Å². The molecule has 0 radical (unpaired) electrons. The van der Waals surface area contributed by atoms with Gasteiger partial charge in [-0.1, -0.05) is 12.1 Å². The lowest BCUT2D eigenvalue weighted by atomic mass is 9.93. The Balaban J connectivity index is 1.53. The molecule has 0 spiro atoms. The molecule has 3 aliphatic rings. The summed E-state index contributed by atoms with van der Waals surface area (Å²) in [5, 5.41) is 6.30. The van der Waals surface area contributed by atoms with Crippen molar-refractivity contribution in [2.75, 3.05) is 26.7 Å². The topological polar surface area (TPSA) is 70.7 Å². The van der Waals surface area contributed by atoms with Crippen molar-refractivity contribution < 1.29 is 14.3 Å². The molecule has 2 N–H and O–H groups in total. The highest BCUT2D eigenvalue weighted by Gasteiger charge is 2.54. The third kappa shape index (κ3) is 3.11. The highest BCUT2D eigenvalue weighted by Crippen LogP contribution is 2.50. The number of nitrogens with one attached hydrogen (secondary N) is 2. The van der Waals surface area contributed by atoms with Crippen LogP contribution in [0.15, 0.2) is 24.3 Å². The van der Waals surface area contributed by atoms with E-state index in [0.29, 0.717) is 19.1 Å². The molecule has 1 saturated heterocycles. The highest BCUT2D eigenvalue weighted by molar-refractivity contribution is 5.95. The lowest BCUT2D eigenvalue weighted by Gasteiger charge is -2.37. The standard InChI is InChI=1S/C19H25N3O3/c1-25-15-6-2-13(3-7-15)19(8-9-19)18(24)22-11-10-20-12-16(22)17(23)21-14-4-5-14/h2-3,6-7,14,16,20H,4-5,8-12H2,1H3,(H,21,23)/t16-/m0/s1. The Kier molecular flexibility index (Phi) is 4.15. The van der Waals surface area contributed by atoms with Crippen molar-refractivity contribution in [2.24, 2.45) is 0 Å². The van der Waals surface area contributed by atoms with Gasteiger partial charge in [-0.3, -0.25) is 9.59 Å². The van der Waals surface area contributed by atoms with Gasteiger partial charge in [0, 0.05) is 25.7 Å². The fourth-order valence-corrected chi connectivity index (χ4v) is 3.64. The molecule has 0 bridgehead atoms. The average molecular weight is 343 g/mol. The van der Waals surface area contributed by atoms with Gasteiger partial charge in [0.15, 0.2) is 0 Å². The van der Waals surface area contributed by atoms with E-state index in [0.717, 1.165) is 43.5 Å². The molecule has 3 fully saturated rings. The van der Waals surface area contributed by atoms with Gasteiger partial charge in [0.25, 0.3) is 0 Å². The van der Waals surface area contributed by atoms with E-state index < -0.39 is 11.5 Å². The van der Waals surface area contributed by atoms with Crippen molar-refractivity contribution in [2.45, 2.75) is 43.2 Å². The van der Waals surface area contributed by atoms with Crippen LogP contribution in [0.3, 0.4) is 0 Å². The summed E-state index contributed by atoms with van der Waals surface area (Å²) in [6.07, 6.45) is 3.79. The molecule has 134 valence electrons. The number of benzene rings is 1. The van der Waals surface area contributed by atoms with Crippen LogP contribution in [0, 0.1) is 0 Å². The molecule has 6 nitrogen and oxygen atoms in total. The average Bonchev–Trinajstić information content (AvgIpc) is 3.56. The minimum Gasteiger partial charge on any atom is -0.497 e. The van der Waals surface area contributed by atoms with Crippen LogP contribution in [0.4, 0.5) is 0 Å². The molecule has 0 aromatic heterocycles. The van der Waals surface area contributed by atoms with Crippen LogP contribution < -0.4 is 15.4 Å². The van der Waals surface area contributed by atoms with Crippen molar-refractivity contribution >= 4 is 11.8 Å². The van der Waals surface area contributed by atoms with Crippen molar-refractivity contribution in [3.63, 3.8) is 0 Å². The Hall–Kier alpha value is -2.08. The molecule has 6 heteroatoms. The molecule has 1 atom stereocenters. The smallest absolute Gasteiger partial charge is 0.244 e. The van der Waals surface area contributed by atoms with Crippen molar-refractivity contribution in [3.8, 4) is 5.75 Å². The summed E-state index contributed by atoms with van der Waals surface area (Å²) >= 11 is 0. The van der Waals surface area contributed by atoms with Crippen LogP contribution in [-0.4, -0.2) is 55.5 Å². The summed E-state index contributed by atoms with van der Waals surface area (Å²) < 4.78 is 5.21. The zero-order valence-electron chi connectivity index (χ0n) is 14.6. The molecule has 2 amide bonds. The lowest BCUT2D eigenvalue weighted by molar-refractivity contribution is -0.143. The molecule has 4 rings (SSSR count). The number of carbonyl (C=O) groups is 2. The zero-order valence-corrected chi connectivity index (χ0v) is 14.6. The molecule has 0 unspecified atom stereocenters. The second kappa shape index (κ2) is 6.33. The quantitative estimate of drug-likeness (QED) is 0.830. The number of rotatable bonds is 5. The van der Waals surface area contributed by atoms with Gasteiger partial charge in [-0.2, -0.15) is 0 Å². The van der Waals surface area contributed by atoms with Crippen molar-refractivity contribution in [1.82, 2.24) is 15.5 Å². The first-order valence-corrected chi connectivity index (χ1v) is 9.11. The number of hydrogen-bond donors (Lipinski definition) is 2. The van der Waals surface area contributed by atoms with Crippen molar-refractivity contribution in [3.05, 3.63) is 29.8 Å². The predicted octanol–water partition coefficient (Wildman–Crippen LogP) is 0.806. The minimum atomic E-state index is -0.457. The van der Waals surface area contributed by atoms with Crippen LogP contribution in [0.25, 0.3) is 0 Å². The van der Waals surface area contributed by atoms with E-state index in [-0.39, 0.29) is 11.8 Å². The van der Waals surface area contributed by atoms with Crippen molar-refractivity contribution in [1.29, 1.82) is 0 Å². The van der Waals surface area contributed by atoms with Gasteiger partial charge >= 0.3 is 0 Å². The second-order valence-corrected chi connectivity index (χ2v) is 7.31. The van der Waals surface area contributed by atoms with Crippen LogP contribution in [0.2, 0.25) is 0 Å². The Morgan fingerprint density at radius 1 is 1.24 bits per heavy atom. The summed E-state index contributed by atoms with van der Waals surface area (Å²) in [6, 6.07) is 7.66. The number of hydrogen-bond acceptors (Lipinski definition) is 4. The molecule has 2 aliphatic carbocycles. The molecule has 1 aromatic rings. The van der Waals surface area contributed by atoms with Gasteiger partial charge in [-0.15, -0.1) is 0 Å². The first kappa shape index (κ1) is 16.4. The van der Waals surface area contributed by atoms with Gasteiger partial charge in [0.05, 0.1) is 12.5 Å². The largest absolute Gasteiger partial charge is 0.497 e. The SMILES string of the molecule is COc1ccc(C2(C(=O)N3CCNC[C@H]3C(=O)NC3CC3)CC2)cc1. The molecule has 2 saturated carbocycles. The Morgan fingerprint density at radius 2 is 1.96 bits per heavy atom. The maximum atomic E-state index is 13.3. The molecule has 1 aliphatic heterocycles. The fourth-order valence-electron chi connectivity index (χ4n) is 3.64. The third-order valence-electron chi connectivity index (χ3n) is 5.53. The zero-order chi connectivity index (χ0) is 17.4. The van der Waals surface area contributed by atoms with E-state index in [4.69, 9.17) is 4.74 Å². The summed E-state index contributed by atoms with van der Waals surface area (Å²) in [6.45, 7) is 1.85. The number of piperazine rings is 1. The van der Waals surface area contributed by atoms with E-state index in [9.17, 15) is 9.59 Å². The minimum absolute atomic E-state index is 0.0198. The lowest BCUT2D eigenvalue weighted by Crippen LogP contribution is -2.61. The monoisotopic (exact) mass is 343 g/mol. The summed E-state index contributed by atoms with van der Waals surface area (Å²) in [5.41, 5.74) is 0.569. The summed E-state index contributed by atoms with van der Waals surface area (Å²) in [7, 11) is 1.64. The molecule has 1 aromatic carbocycles. The molecular formula is C19H25N3O3. The first-order valence-electron chi connectivity index (χ1n) is 9.11. The maximum absolute atomic E-state index is 13.3.